The highest BCUT2D eigenvalue weighted by molar-refractivity contribution is 5.98. The molecule has 2 bridgehead atoms. The van der Waals surface area contributed by atoms with Crippen molar-refractivity contribution in [1.29, 1.82) is 0 Å². The van der Waals surface area contributed by atoms with Crippen molar-refractivity contribution in [3.05, 3.63) is 0 Å². The molecule has 1 spiro atoms. The number of unbranched alkanes of at least 4 members (excludes halogenated alkanes) is 3. The minimum absolute atomic E-state index is 0.137. The lowest BCUT2D eigenvalue weighted by molar-refractivity contribution is -0.159. The SMILES string of the molecule is CCOC(=O)[C@H]1[C@H]2C(=O)N(CCCCCCO)C(C(=O)NC3CCCCC3)C23CC[C@]1(C)O3. The molecule has 3 aliphatic heterocycles. The Morgan fingerprint density at radius 3 is 2.58 bits per heavy atom. The molecule has 3 heterocycles. The Balaban J connectivity index is 1.59. The Labute approximate surface area is 196 Å². The first-order chi connectivity index (χ1) is 15.9. The molecule has 186 valence electrons. The molecule has 0 aromatic heterocycles. The maximum Gasteiger partial charge on any atom is 0.312 e. The molecule has 8 heteroatoms. The van der Waals surface area contributed by atoms with Gasteiger partial charge in [0.15, 0.2) is 0 Å². The van der Waals surface area contributed by atoms with Crippen LogP contribution >= 0.6 is 0 Å². The van der Waals surface area contributed by atoms with E-state index in [1.165, 1.54) is 6.42 Å². The molecule has 4 fully saturated rings. The van der Waals surface area contributed by atoms with Gasteiger partial charge in [-0.05, 0) is 52.4 Å². The maximum atomic E-state index is 13.8. The molecule has 4 aliphatic rings. The highest BCUT2D eigenvalue weighted by atomic mass is 16.6. The molecule has 2 amide bonds. The summed E-state index contributed by atoms with van der Waals surface area (Å²) in [5.74, 6) is -2.03. The van der Waals surface area contributed by atoms with Crippen LogP contribution in [0.1, 0.15) is 84.5 Å². The molecule has 2 N–H and O–H groups in total. The number of ether oxygens (including phenoxy) is 2. The van der Waals surface area contributed by atoms with Gasteiger partial charge in [-0.2, -0.15) is 0 Å². The van der Waals surface area contributed by atoms with E-state index in [9.17, 15) is 14.4 Å². The second-order valence-electron chi connectivity index (χ2n) is 10.5. The van der Waals surface area contributed by atoms with Crippen LogP contribution < -0.4 is 5.32 Å². The molecule has 0 aromatic carbocycles. The standard InChI is InChI=1S/C25H40N2O6/c1-3-32-23(31)19-18-22(30)27(15-9-4-5-10-16-28)20(25(18)14-13-24(19,2)33-25)21(29)26-17-11-7-6-8-12-17/h17-20,28H,3-16H2,1-2H3,(H,26,29)/t18-,19+,20?,24-,25?/m0/s1. The highest BCUT2D eigenvalue weighted by Crippen LogP contribution is 2.63. The minimum Gasteiger partial charge on any atom is -0.466 e. The smallest absolute Gasteiger partial charge is 0.312 e. The normalized spacial score (nSPS) is 35.7. The van der Waals surface area contributed by atoms with Crippen LogP contribution in [0.5, 0.6) is 0 Å². The van der Waals surface area contributed by atoms with Crippen molar-refractivity contribution >= 4 is 17.8 Å². The van der Waals surface area contributed by atoms with Crippen molar-refractivity contribution in [3.8, 4) is 0 Å². The van der Waals surface area contributed by atoms with E-state index in [1.54, 1.807) is 11.8 Å². The molecule has 0 radical (unpaired) electrons. The number of amides is 2. The first-order valence-electron chi connectivity index (χ1n) is 13.0. The van der Waals surface area contributed by atoms with Crippen LogP contribution in [-0.4, -0.2) is 70.8 Å². The van der Waals surface area contributed by atoms with E-state index in [0.29, 0.717) is 19.4 Å². The van der Waals surface area contributed by atoms with Gasteiger partial charge in [0, 0.05) is 19.2 Å². The van der Waals surface area contributed by atoms with Crippen LogP contribution in [0.4, 0.5) is 0 Å². The average molecular weight is 465 g/mol. The first kappa shape index (κ1) is 24.5. The van der Waals surface area contributed by atoms with E-state index >= 15 is 0 Å². The summed E-state index contributed by atoms with van der Waals surface area (Å²) in [7, 11) is 0. The average Bonchev–Trinajstić information content (AvgIpc) is 3.35. The van der Waals surface area contributed by atoms with Crippen LogP contribution in [0, 0.1) is 11.8 Å². The van der Waals surface area contributed by atoms with Crippen LogP contribution in [0.15, 0.2) is 0 Å². The number of nitrogens with one attached hydrogen (secondary N) is 1. The number of hydrogen-bond donors (Lipinski definition) is 2. The molecule has 1 saturated carbocycles. The molecular formula is C25H40N2O6. The summed E-state index contributed by atoms with van der Waals surface area (Å²) < 4.78 is 11.9. The van der Waals surface area contributed by atoms with Gasteiger partial charge in [0.05, 0.1) is 18.1 Å². The van der Waals surface area contributed by atoms with Gasteiger partial charge < -0.3 is 24.8 Å². The predicted molar refractivity (Wildman–Crippen MR) is 121 cm³/mol. The predicted octanol–water partition coefficient (Wildman–Crippen LogP) is 2.32. The lowest BCUT2D eigenvalue weighted by atomic mass is 9.66. The van der Waals surface area contributed by atoms with Gasteiger partial charge >= 0.3 is 5.97 Å². The monoisotopic (exact) mass is 464 g/mol. The number of esters is 1. The van der Waals surface area contributed by atoms with Crippen molar-refractivity contribution in [2.45, 2.75) is 108 Å². The topological polar surface area (TPSA) is 105 Å². The number of hydrogen-bond acceptors (Lipinski definition) is 6. The van der Waals surface area contributed by atoms with Gasteiger partial charge in [0.1, 0.15) is 17.6 Å². The quantitative estimate of drug-likeness (QED) is 0.380. The number of fused-ring (bicyclic) bond motifs is 1. The molecule has 0 aromatic rings. The van der Waals surface area contributed by atoms with E-state index in [4.69, 9.17) is 14.6 Å². The van der Waals surface area contributed by atoms with E-state index < -0.39 is 35.0 Å². The van der Waals surface area contributed by atoms with Gasteiger partial charge in [0.2, 0.25) is 11.8 Å². The highest BCUT2D eigenvalue weighted by Gasteiger charge is 2.78. The number of likely N-dealkylation sites (tertiary alicyclic amines) is 1. The van der Waals surface area contributed by atoms with Gasteiger partial charge in [-0.1, -0.05) is 32.1 Å². The lowest BCUT2D eigenvalue weighted by Crippen LogP contribution is -2.57. The Hall–Kier alpha value is -1.67. The van der Waals surface area contributed by atoms with E-state index in [2.05, 4.69) is 5.32 Å². The number of aliphatic hydroxyl groups is 1. The minimum atomic E-state index is -0.965. The van der Waals surface area contributed by atoms with Gasteiger partial charge in [-0.25, -0.2) is 0 Å². The Kier molecular flexibility index (Phi) is 7.34. The number of nitrogens with zero attached hydrogens (tertiary/aromatic N) is 1. The third-order valence-corrected chi connectivity index (χ3v) is 8.32. The summed E-state index contributed by atoms with van der Waals surface area (Å²) >= 11 is 0. The van der Waals surface area contributed by atoms with E-state index in [1.807, 2.05) is 6.92 Å². The zero-order valence-corrected chi connectivity index (χ0v) is 20.1. The zero-order chi connectivity index (χ0) is 23.6. The molecule has 4 rings (SSSR count). The third-order valence-electron chi connectivity index (χ3n) is 8.32. The van der Waals surface area contributed by atoms with Crippen LogP contribution in [0.3, 0.4) is 0 Å². The molecule has 5 atom stereocenters. The third kappa shape index (κ3) is 4.29. The van der Waals surface area contributed by atoms with Gasteiger partial charge in [-0.15, -0.1) is 0 Å². The number of aliphatic hydroxyl groups excluding tert-OH is 1. The summed E-state index contributed by atoms with van der Waals surface area (Å²) in [4.78, 5) is 42.1. The second kappa shape index (κ2) is 9.90. The fourth-order valence-corrected chi connectivity index (χ4v) is 6.83. The van der Waals surface area contributed by atoms with E-state index in [-0.39, 0.29) is 31.1 Å². The van der Waals surface area contributed by atoms with Crippen molar-refractivity contribution in [3.63, 3.8) is 0 Å². The number of carbonyl (C=O) groups excluding carboxylic acids is 3. The van der Waals surface area contributed by atoms with Crippen LogP contribution in [-0.2, 0) is 23.9 Å². The lowest BCUT2D eigenvalue weighted by Gasteiger charge is -2.35. The molecule has 3 saturated heterocycles. The first-order valence-corrected chi connectivity index (χ1v) is 13.0. The Morgan fingerprint density at radius 2 is 1.88 bits per heavy atom. The molecular weight excluding hydrogens is 424 g/mol. The van der Waals surface area contributed by atoms with Crippen molar-refractivity contribution in [2.24, 2.45) is 11.8 Å². The zero-order valence-electron chi connectivity index (χ0n) is 20.1. The number of carbonyl (C=O) groups is 3. The Bertz CT molecular complexity index is 753. The summed E-state index contributed by atoms with van der Waals surface area (Å²) in [5.41, 5.74) is -1.74. The van der Waals surface area contributed by atoms with Crippen LogP contribution in [0.2, 0.25) is 0 Å². The molecule has 2 unspecified atom stereocenters. The van der Waals surface area contributed by atoms with Gasteiger partial charge in [-0.3, -0.25) is 14.4 Å². The van der Waals surface area contributed by atoms with Crippen molar-refractivity contribution < 1.29 is 29.0 Å². The summed E-state index contributed by atoms with van der Waals surface area (Å²) in [5, 5.41) is 12.3. The summed E-state index contributed by atoms with van der Waals surface area (Å²) in [6, 6.07) is -0.575. The molecule has 33 heavy (non-hydrogen) atoms. The summed E-state index contributed by atoms with van der Waals surface area (Å²) in [6.07, 6.45) is 9.82. The molecule has 1 aliphatic carbocycles. The fraction of sp³-hybridized carbons (Fsp3) is 0.880. The summed E-state index contributed by atoms with van der Waals surface area (Å²) in [6.45, 7) is 4.53. The Morgan fingerprint density at radius 1 is 1.15 bits per heavy atom. The van der Waals surface area contributed by atoms with E-state index in [0.717, 1.165) is 51.4 Å². The van der Waals surface area contributed by atoms with Crippen molar-refractivity contribution in [1.82, 2.24) is 10.2 Å². The van der Waals surface area contributed by atoms with Crippen LogP contribution in [0.25, 0.3) is 0 Å². The second-order valence-corrected chi connectivity index (χ2v) is 10.5. The van der Waals surface area contributed by atoms with Crippen molar-refractivity contribution in [2.75, 3.05) is 19.8 Å². The fourth-order valence-electron chi connectivity index (χ4n) is 6.83. The number of rotatable bonds is 10. The largest absolute Gasteiger partial charge is 0.466 e. The molecule has 8 nitrogen and oxygen atoms in total. The van der Waals surface area contributed by atoms with Gasteiger partial charge in [0.25, 0.3) is 0 Å². The maximum absolute atomic E-state index is 13.8.